The summed E-state index contributed by atoms with van der Waals surface area (Å²) in [7, 11) is 1.68. The molecular formula is C11H21BrO3. The van der Waals surface area contributed by atoms with Crippen LogP contribution in [0.5, 0.6) is 0 Å². The largest absolute Gasteiger partial charge is 0.385 e. The van der Waals surface area contributed by atoms with Gasteiger partial charge in [-0.3, -0.25) is 4.79 Å². The third-order valence-corrected chi connectivity index (χ3v) is 2.53. The van der Waals surface area contributed by atoms with Crippen LogP contribution in [0.2, 0.25) is 0 Å². The zero-order valence-electron chi connectivity index (χ0n) is 9.47. The van der Waals surface area contributed by atoms with E-state index < -0.39 is 0 Å². The molecule has 0 saturated carbocycles. The number of carbonyl (C=O) groups excluding carboxylic acids is 1. The van der Waals surface area contributed by atoms with Crippen molar-refractivity contribution < 1.29 is 14.3 Å². The number of halogens is 1. The summed E-state index contributed by atoms with van der Waals surface area (Å²) in [5.74, 6) is 0.343. The predicted molar refractivity (Wildman–Crippen MR) is 64.6 cm³/mol. The molecule has 0 aromatic rings. The number of carbonyl (C=O) groups is 1. The van der Waals surface area contributed by atoms with Gasteiger partial charge >= 0.3 is 0 Å². The first kappa shape index (κ1) is 15.1. The van der Waals surface area contributed by atoms with Crippen LogP contribution in [0.25, 0.3) is 0 Å². The maximum atomic E-state index is 11.2. The van der Waals surface area contributed by atoms with Crippen molar-refractivity contribution in [2.75, 3.05) is 32.3 Å². The number of hydrogen-bond acceptors (Lipinski definition) is 3. The Morgan fingerprint density at radius 3 is 2.40 bits per heavy atom. The second kappa shape index (κ2) is 12.1. The zero-order valence-corrected chi connectivity index (χ0v) is 11.1. The molecule has 0 aliphatic heterocycles. The smallest absolute Gasteiger partial charge is 0.133 e. The van der Waals surface area contributed by atoms with Crippen LogP contribution in [0.15, 0.2) is 0 Å². The molecule has 0 radical (unpaired) electrons. The molecule has 0 atom stereocenters. The van der Waals surface area contributed by atoms with Crippen LogP contribution in [-0.4, -0.2) is 38.0 Å². The Morgan fingerprint density at radius 1 is 1.07 bits per heavy atom. The normalized spacial score (nSPS) is 10.5. The van der Waals surface area contributed by atoms with E-state index in [1.807, 2.05) is 0 Å². The van der Waals surface area contributed by atoms with Gasteiger partial charge in [0.1, 0.15) is 5.78 Å². The molecule has 0 amide bonds. The second-order valence-electron chi connectivity index (χ2n) is 3.39. The second-order valence-corrected chi connectivity index (χ2v) is 4.19. The van der Waals surface area contributed by atoms with E-state index in [9.17, 15) is 4.79 Å². The van der Waals surface area contributed by atoms with Crippen molar-refractivity contribution in [3.8, 4) is 0 Å². The van der Waals surface area contributed by atoms with Crippen molar-refractivity contribution in [2.45, 2.75) is 32.1 Å². The molecule has 0 spiro atoms. The number of Topliss-reactive ketones (excluding diaryl/α,β-unsaturated/α-hetero) is 1. The first-order valence-electron chi connectivity index (χ1n) is 5.45. The molecule has 3 nitrogen and oxygen atoms in total. The quantitative estimate of drug-likeness (QED) is 0.431. The van der Waals surface area contributed by atoms with Crippen molar-refractivity contribution in [2.24, 2.45) is 0 Å². The number of rotatable bonds is 11. The topological polar surface area (TPSA) is 35.5 Å². The van der Waals surface area contributed by atoms with Gasteiger partial charge in [-0.1, -0.05) is 15.9 Å². The molecule has 0 aliphatic rings. The van der Waals surface area contributed by atoms with Crippen LogP contribution < -0.4 is 0 Å². The third-order valence-electron chi connectivity index (χ3n) is 1.97. The maximum Gasteiger partial charge on any atom is 0.133 e. The van der Waals surface area contributed by atoms with Gasteiger partial charge in [0.15, 0.2) is 0 Å². The summed E-state index contributed by atoms with van der Waals surface area (Å²) in [5.41, 5.74) is 0. The van der Waals surface area contributed by atoms with Gasteiger partial charge in [0, 0.05) is 45.1 Å². The standard InChI is InChI=1S/C11H21BrO3/c1-14-8-4-10-15-9-3-6-11(13)5-2-7-12/h2-10H2,1H3. The van der Waals surface area contributed by atoms with Crippen molar-refractivity contribution in [1.29, 1.82) is 0 Å². The van der Waals surface area contributed by atoms with Crippen molar-refractivity contribution in [3.63, 3.8) is 0 Å². The van der Waals surface area contributed by atoms with Gasteiger partial charge in [0.25, 0.3) is 0 Å². The fourth-order valence-corrected chi connectivity index (χ4v) is 1.45. The Kier molecular flexibility index (Phi) is 12.2. The van der Waals surface area contributed by atoms with Crippen LogP contribution in [0.4, 0.5) is 0 Å². The first-order chi connectivity index (χ1) is 7.31. The number of alkyl halides is 1. The van der Waals surface area contributed by atoms with Gasteiger partial charge in [-0.05, 0) is 19.3 Å². The van der Waals surface area contributed by atoms with E-state index in [0.29, 0.717) is 25.2 Å². The fourth-order valence-electron chi connectivity index (χ4n) is 1.17. The molecular weight excluding hydrogens is 260 g/mol. The van der Waals surface area contributed by atoms with E-state index in [-0.39, 0.29) is 0 Å². The summed E-state index contributed by atoms with van der Waals surface area (Å²) in [6.45, 7) is 2.15. The van der Waals surface area contributed by atoms with Crippen LogP contribution in [0.3, 0.4) is 0 Å². The SMILES string of the molecule is COCCCOCCCC(=O)CCCBr. The lowest BCUT2D eigenvalue weighted by Crippen LogP contribution is -2.04. The molecule has 0 N–H and O–H groups in total. The maximum absolute atomic E-state index is 11.2. The molecule has 0 fully saturated rings. The molecule has 0 rings (SSSR count). The number of hydrogen-bond donors (Lipinski definition) is 0. The summed E-state index contributed by atoms with van der Waals surface area (Å²) in [6.07, 6.45) is 4.04. The Hall–Kier alpha value is 0.0700. The lowest BCUT2D eigenvalue weighted by atomic mass is 10.1. The van der Waals surface area contributed by atoms with E-state index in [1.54, 1.807) is 7.11 Å². The minimum atomic E-state index is 0.343. The lowest BCUT2D eigenvalue weighted by molar-refractivity contribution is -0.119. The van der Waals surface area contributed by atoms with Gasteiger partial charge in [-0.15, -0.1) is 0 Å². The van der Waals surface area contributed by atoms with Gasteiger partial charge in [-0.25, -0.2) is 0 Å². The minimum Gasteiger partial charge on any atom is -0.385 e. The summed E-state index contributed by atoms with van der Waals surface area (Å²) < 4.78 is 10.2. The third kappa shape index (κ3) is 12.0. The van der Waals surface area contributed by atoms with Gasteiger partial charge in [0.05, 0.1) is 0 Å². The van der Waals surface area contributed by atoms with E-state index in [4.69, 9.17) is 9.47 Å². The monoisotopic (exact) mass is 280 g/mol. The van der Waals surface area contributed by atoms with Crippen molar-refractivity contribution >= 4 is 21.7 Å². The lowest BCUT2D eigenvalue weighted by Gasteiger charge is -2.03. The molecule has 0 saturated heterocycles. The minimum absolute atomic E-state index is 0.343. The van der Waals surface area contributed by atoms with Gasteiger partial charge in [-0.2, -0.15) is 0 Å². The Labute approximate surface area is 101 Å². The van der Waals surface area contributed by atoms with E-state index in [0.717, 1.165) is 37.8 Å². The zero-order chi connectivity index (χ0) is 11.4. The summed E-state index contributed by atoms with van der Waals surface area (Å²) in [6, 6.07) is 0. The molecule has 0 bridgehead atoms. The Morgan fingerprint density at radius 2 is 1.73 bits per heavy atom. The fraction of sp³-hybridized carbons (Fsp3) is 0.909. The van der Waals surface area contributed by atoms with E-state index in [1.165, 1.54) is 0 Å². The highest BCUT2D eigenvalue weighted by atomic mass is 79.9. The highest BCUT2D eigenvalue weighted by molar-refractivity contribution is 9.09. The average Bonchev–Trinajstić information content (AvgIpc) is 2.25. The Bertz CT molecular complexity index is 151. The number of methoxy groups -OCH3 is 1. The van der Waals surface area contributed by atoms with Crippen LogP contribution in [0.1, 0.15) is 32.1 Å². The first-order valence-corrected chi connectivity index (χ1v) is 6.57. The van der Waals surface area contributed by atoms with Crippen LogP contribution in [0, 0.1) is 0 Å². The highest BCUT2D eigenvalue weighted by Crippen LogP contribution is 2.01. The van der Waals surface area contributed by atoms with E-state index in [2.05, 4.69) is 15.9 Å². The van der Waals surface area contributed by atoms with Gasteiger partial charge in [0.2, 0.25) is 0 Å². The van der Waals surface area contributed by atoms with Crippen LogP contribution >= 0.6 is 15.9 Å². The van der Waals surface area contributed by atoms with E-state index >= 15 is 0 Å². The van der Waals surface area contributed by atoms with Gasteiger partial charge < -0.3 is 9.47 Å². The number of ketones is 1. The predicted octanol–water partition coefficient (Wildman–Crippen LogP) is 2.56. The molecule has 15 heavy (non-hydrogen) atoms. The molecule has 0 heterocycles. The van der Waals surface area contributed by atoms with Crippen molar-refractivity contribution in [1.82, 2.24) is 0 Å². The molecule has 0 aliphatic carbocycles. The summed E-state index contributed by atoms with van der Waals surface area (Å²) >= 11 is 3.31. The van der Waals surface area contributed by atoms with Crippen molar-refractivity contribution in [3.05, 3.63) is 0 Å². The summed E-state index contributed by atoms with van der Waals surface area (Å²) in [4.78, 5) is 11.2. The highest BCUT2D eigenvalue weighted by Gasteiger charge is 2.00. The number of ether oxygens (including phenoxy) is 2. The molecule has 0 aromatic carbocycles. The Balaban J connectivity index is 3.06. The summed E-state index contributed by atoms with van der Waals surface area (Å²) in [5, 5.41) is 0.909. The average molecular weight is 281 g/mol. The van der Waals surface area contributed by atoms with Crippen LogP contribution in [-0.2, 0) is 14.3 Å². The molecule has 0 aromatic heterocycles. The molecule has 90 valence electrons. The molecule has 4 heteroatoms. The molecule has 0 unspecified atom stereocenters.